The number of benzene rings is 3. The van der Waals surface area contributed by atoms with E-state index in [-0.39, 0.29) is 13.2 Å². The summed E-state index contributed by atoms with van der Waals surface area (Å²) in [4.78, 5) is 11.1. The topological polar surface area (TPSA) is 35.5 Å². The Morgan fingerprint density at radius 1 is 1.04 bits per heavy atom. The molecule has 0 unspecified atom stereocenters. The van der Waals surface area contributed by atoms with Gasteiger partial charge >= 0.3 is 5.97 Å². The van der Waals surface area contributed by atoms with Gasteiger partial charge in [0, 0.05) is 21.9 Å². The highest BCUT2D eigenvalue weighted by Crippen LogP contribution is 2.36. The lowest BCUT2D eigenvalue weighted by atomic mass is 10.0. The van der Waals surface area contributed by atoms with Crippen LogP contribution in [0.1, 0.15) is 0 Å². The Morgan fingerprint density at radius 3 is 2.65 bits per heavy atom. The van der Waals surface area contributed by atoms with E-state index < -0.39 is 5.97 Å². The Balaban J connectivity index is 1.98. The number of hydrogen-bond donors (Lipinski definition) is 0. The molecule has 3 nitrogen and oxygen atoms in total. The summed E-state index contributed by atoms with van der Waals surface area (Å²) >= 11 is 6.13. The van der Waals surface area contributed by atoms with Crippen LogP contribution in [0.2, 0.25) is 5.02 Å². The molecule has 0 heterocycles. The summed E-state index contributed by atoms with van der Waals surface area (Å²) in [6.07, 6.45) is 1.13. The molecular formula is C19H15ClO3. The van der Waals surface area contributed by atoms with Crippen LogP contribution in [-0.2, 0) is 9.53 Å². The van der Waals surface area contributed by atoms with E-state index in [1.54, 1.807) is 0 Å². The second-order valence-corrected chi connectivity index (χ2v) is 5.45. The molecule has 0 bridgehead atoms. The van der Waals surface area contributed by atoms with Crippen LogP contribution in [0.15, 0.2) is 61.2 Å². The third-order valence-corrected chi connectivity index (χ3v) is 3.75. The largest absolute Gasteiger partial charge is 0.489 e. The zero-order valence-electron chi connectivity index (χ0n) is 12.4. The lowest BCUT2D eigenvalue weighted by molar-refractivity contribution is -0.138. The lowest BCUT2D eigenvalue weighted by Gasteiger charge is -2.13. The van der Waals surface area contributed by atoms with Crippen LogP contribution in [0, 0.1) is 0 Å². The summed E-state index contributed by atoms with van der Waals surface area (Å²) < 4.78 is 10.9. The molecule has 3 aromatic rings. The summed E-state index contributed by atoms with van der Waals surface area (Å²) in [6, 6.07) is 15.8. The highest BCUT2D eigenvalue weighted by atomic mass is 35.5. The highest BCUT2D eigenvalue weighted by Gasteiger charge is 2.09. The van der Waals surface area contributed by atoms with Crippen LogP contribution in [-0.4, -0.2) is 19.2 Å². The predicted octanol–water partition coefficient (Wildman–Crippen LogP) is 4.75. The fourth-order valence-electron chi connectivity index (χ4n) is 2.49. The van der Waals surface area contributed by atoms with Crippen molar-refractivity contribution >= 4 is 39.1 Å². The first-order valence-electron chi connectivity index (χ1n) is 7.22. The highest BCUT2D eigenvalue weighted by molar-refractivity contribution is 6.31. The molecule has 3 rings (SSSR count). The van der Waals surface area contributed by atoms with Gasteiger partial charge in [-0.2, -0.15) is 0 Å². The van der Waals surface area contributed by atoms with E-state index in [0.29, 0.717) is 5.02 Å². The first-order valence-corrected chi connectivity index (χ1v) is 7.60. The molecule has 3 aromatic carbocycles. The van der Waals surface area contributed by atoms with Crippen molar-refractivity contribution in [1.29, 1.82) is 0 Å². The van der Waals surface area contributed by atoms with Crippen LogP contribution in [0.3, 0.4) is 0 Å². The molecule has 0 aliphatic rings. The first-order chi connectivity index (χ1) is 11.2. The molecule has 4 heteroatoms. The maximum absolute atomic E-state index is 11.1. The molecular weight excluding hydrogens is 312 g/mol. The summed E-state index contributed by atoms with van der Waals surface area (Å²) in [6.45, 7) is 3.78. The number of esters is 1. The van der Waals surface area contributed by atoms with E-state index in [9.17, 15) is 4.79 Å². The third-order valence-electron chi connectivity index (χ3n) is 3.52. The number of fused-ring (bicyclic) bond motifs is 2. The molecule has 116 valence electrons. The van der Waals surface area contributed by atoms with Crippen LogP contribution in [0.25, 0.3) is 21.5 Å². The van der Waals surface area contributed by atoms with E-state index in [1.165, 1.54) is 0 Å². The van der Waals surface area contributed by atoms with E-state index in [2.05, 4.69) is 12.6 Å². The lowest BCUT2D eigenvalue weighted by Crippen LogP contribution is -2.10. The monoisotopic (exact) mass is 326 g/mol. The Labute approximate surface area is 139 Å². The van der Waals surface area contributed by atoms with Crippen molar-refractivity contribution < 1.29 is 14.3 Å². The van der Waals surface area contributed by atoms with Gasteiger partial charge in [0.05, 0.1) is 0 Å². The Hall–Kier alpha value is -2.52. The normalized spacial score (nSPS) is 10.7. The van der Waals surface area contributed by atoms with Crippen LogP contribution in [0.4, 0.5) is 0 Å². The molecule has 0 amide bonds. The average molecular weight is 327 g/mol. The van der Waals surface area contributed by atoms with Gasteiger partial charge in [0.2, 0.25) is 0 Å². The van der Waals surface area contributed by atoms with Crippen LogP contribution < -0.4 is 4.74 Å². The molecule has 23 heavy (non-hydrogen) atoms. The van der Waals surface area contributed by atoms with Gasteiger partial charge in [-0.25, -0.2) is 4.79 Å². The van der Waals surface area contributed by atoms with E-state index in [1.807, 2.05) is 42.5 Å². The van der Waals surface area contributed by atoms with Gasteiger partial charge in [0.1, 0.15) is 19.0 Å². The Bertz CT molecular complexity index is 886. The number of carbonyl (C=O) groups is 1. The van der Waals surface area contributed by atoms with Gasteiger partial charge in [-0.05, 0) is 29.0 Å². The maximum Gasteiger partial charge on any atom is 0.330 e. The van der Waals surface area contributed by atoms with Crippen molar-refractivity contribution in [2.45, 2.75) is 0 Å². The maximum atomic E-state index is 11.1. The van der Waals surface area contributed by atoms with E-state index >= 15 is 0 Å². The molecule has 0 aromatic heterocycles. The van der Waals surface area contributed by atoms with E-state index in [4.69, 9.17) is 21.1 Å². The summed E-state index contributed by atoms with van der Waals surface area (Å²) in [7, 11) is 0. The second kappa shape index (κ2) is 6.71. The standard InChI is InChI=1S/C19H15ClO3/c1-2-18(21)22-9-10-23-19-16-6-4-3-5-13(16)11-14-7-8-15(20)12-17(14)19/h2-8,11-12H,1,9-10H2. The molecule has 0 N–H and O–H groups in total. The molecule has 0 radical (unpaired) electrons. The van der Waals surface area contributed by atoms with Crippen molar-refractivity contribution in [2.75, 3.05) is 13.2 Å². The van der Waals surface area contributed by atoms with Gasteiger partial charge < -0.3 is 9.47 Å². The van der Waals surface area contributed by atoms with Gasteiger partial charge in [-0.3, -0.25) is 0 Å². The summed E-state index contributed by atoms with van der Waals surface area (Å²) in [5.41, 5.74) is 0. The zero-order chi connectivity index (χ0) is 16.2. The average Bonchev–Trinajstić information content (AvgIpc) is 2.57. The minimum Gasteiger partial charge on any atom is -0.489 e. The number of carbonyl (C=O) groups excluding carboxylic acids is 1. The fraction of sp³-hybridized carbons (Fsp3) is 0.105. The molecule has 0 atom stereocenters. The zero-order valence-corrected chi connectivity index (χ0v) is 13.2. The minimum atomic E-state index is -0.459. The molecule has 0 aliphatic heterocycles. The summed E-state index contributed by atoms with van der Waals surface area (Å²) in [5.74, 6) is 0.287. The summed E-state index contributed by atoms with van der Waals surface area (Å²) in [5, 5.41) is 4.71. The number of hydrogen-bond acceptors (Lipinski definition) is 3. The van der Waals surface area contributed by atoms with Gasteiger partial charge in [-0.1, -0.05) is 48.5 Å². The number of ether oxygens (including phenoxy) is 2. The smallest absolute Gasteiger partial charge is 0.330 e. The fourth-order valence-corrected chi connectivity index (χ4v) is 2.67. The van der Waals surface area contributed by atoms with Crippen molar-refractivity contribution in [3.63, 3.8) is 0 Å². The Morgan fingerprint density at radius 2 is 1.83 bits per heavy atom. The molecule has 0 saturated heterocycles. The van der Waals surface area contributed by atoms with Crippen LogP contribution in [0.5, 0.6) is 5.75 Å². The van der Waals surface area contributed by atoms with E-state index in [0.717, 1.165) is 33.4 Å². The molecule has 0 spiro atoms. The number of rotatable bonds is 5. The SMILES string of the molecule is C=CC(=O)OCCOc1c2ccccc2cc2ccc(Cl)cc12. The molecule has 0 aliphatic carbocycles. The van der Waals surface area contributed by atoms with Crippen molar-refractivity contribution in [3.05, 3.63) is 66.2 Å². The van der Waals surface area contributed by atoms with Crippen LogP contribution >= 0.6 is 11.6 Å². The first kappa shape index (κ1) is 15.4. The molecule has 0 fully saturated rings. The third kappa shape index (κ3) is 3.30. The van der Waals surface area contributed by atoms with Gasteiger partial charge in [-0.15, -0.1) is 0 Å². The van der Waals surface area contributed by atoms with Gasteiger partial charge in [0.25, 0.3) is 0 Å². The predicted molar refractivity (Wildman–Crippen MR) is 93.1 cm³/mol. The van der Waals surface area contributed by atoms with Crippen molar-refractivity contribution in [1.82, 2.24) is 0 Å². The van der Waals surface area contributed by atoms with Crippen molar-refractivity contribution in [3.8, 4) is 5.75 Å². The van der Waals surface area contributed by atoms with Gasteiger partial charge in [0.15, 0.2) is 0 Å². The van der Waals surface area contributed by atoms with Crippen molar-refractivity contribution in [2.24, 2.45) is 0 Å². The Kier molecular flexibility index (Phi) is 4.49. The minimum absolute atomic E-state index is 0.163. The molecule has 0 saturated carbocycles. The number of halogens is 1. The quantitative estimate of drug-likeness (QED) is 0.293. The second-order valence-electron chi connectivity index (χ2n) is 5.01.